The van der Waals surface area contributed by atoms with E-state index in [0.29, 0.717) is 18.0 Å². The quantitative estimate of drug-likeness (QED) is 0.561. The second-order valence-corrected chi connectivity index (χ2v) is 5.35. The van der Waals surface area contributed by atoms with Crippen molar-refractivity contribution in [3.05, 3.63) is 24.0 Å². The Balaban J connectivity index is 2.00. The Morgan fingerprint density at radius 2 is 2.37 bits per heavy atom. The van der Waals surface area contributed by atoms with Crippen LogP contribution in [0.15, 0.2) is 18.3 Å². The first kappa shape index (κ1) is 13.8. The fourth-order valence-electron chi connectivity index (χ4n) is 2.26. The molecule has 2 rings (SSSR count). The molecule has 1 aliphatic rings. The largest absolute Gasteiger partial charge is 0.375 e. The van der Waals surface area contributed by atoms with Crippen molar-refractivity contribution < 1.29 is 9.53 Å². The van der Waals surface area contributed by atoms with Crippen LogP contribution < -0.4 is 16.6 Å². The van der Waals surface area contributed by atoms with Crippen LogP contribution in [0.25, 0.3) is 0 Å². The van der Waals surface area contributed by atoms with Crippen molar-refractivity contribution in [3.63, 3.8) is 0 Å². The van der Waals surface area contributed by atoms with Crippen molar-refractivity contribution in [2.75, 3.05) is 12.0 Å². The summed E-state index contributed by atoms with van der Waals surface area (Å²) in [6, 6.07) is 3.45. The number of ether oxygens (including phenoxy) is 1. The van der Waals surface area contributed by atoms with Crippen LogP contribution in [-0.2, 0) is 4.74 Å². The molecule has 19 heavy (non-hydrogen) atoms. The molecule has 1 aromatic heterocycles. The SMILES string of the molecule is CC1(C)CC(NC(=O)c2cc(NN)ccn2)CCO1. The number of nitrogen functional groups attached to an aromatic ring is 1. The maximum absolute atomic E-state index is 12.1. The third-order valence-corrected chi connectivity index (χ3v) is 3.19. The summed E-state index contributed by atoms with van der Waals surface area (Å²) in [4.78, 5) is 16.2. The molecule has 0 aliphatic carbocycles. The molecule has 0 saturated carbocycles. The number of carbonyl (C=O) groups is 1. The molecule has 1 amide bonds. The van der Waals surface area contributed by atoms with Gasteiger partial charge in [0.2, 0.25) is 0 Å². The molecule has 0 bridgehead atoms. The minimum Gasteiger partial charge on any atom is -0.375 e. The lowest BCUT2D eigenvalue weighted by molar-refractivity contribution is -0.0615. The third kappa shape index (κ3) is 3.65. The highest BCUT2D eigenvalue weighted by Gasteiger charge is 2.29. The predicted octanol–water partition coefficient (Wildman–Crippen LogP) is 1.05. The zero-order valence-corrected chi connectivity index (χ0v) is 11.3. The lowest BCUT2D eigenvalue weighted by atomic mass is 9.94. The number of carbonyl (C=O) groups excluding carboxylic acids is 1. The van der Waals surface area contributed by atoms with Crippen molar-refractivity contribution in [2.45, 2.75) is 38.3 Å². The molecule has 2 heterocycles. The smallest absolute Gasteiger partial charge is 0.270 e. The topological polar surface area (TPSA) is 89.3 Å². The van der Waals surface area contributed by atoms with E-state index in [1.165, 1.54) is 0 Å². The number of hydrazine groups is 1. The maximum Gasteiger partial charge on any atom is 0.270 e. The van der Waals surface area contributed by atoms with E-state index >= 15 is 0 Å². The molecule has 0 aromatic carbocycles. The number of nitrogens with zero attached hydrogens (tertiary/aromatic N) is 1. The van der Waals surface area contributed by atoms with Crippen LogP contribution in [0.2, 0.25) is 0 Å². The van der Waals surface area contributed by atoms with Gasteiger partial charge in [-0.3, -0.25) is 15.6 Å². The average molecular weight is 264 g/mol. The first-order valence-corrected chi connectivity index (χ1v) is 6.38. The maximum atomic E-state index is 12.1. The van der Waals surface area contributed by atoms with Crippen LogP contribution in [0.4, 0.5) is 5.69 Å². The van der Waals surface area contributed by atoms with Gasteiger partial charge < -0.3 is 15.5 Å². The first-order valence-electron chi connectivity index (χ1n) is 6.38. The Morgan fingerprint density at radius 1 is 1.58 bits per heavy atom. The fraction of sp³-hybridized carbons (Fsp3) is 0.538. The molecule has 1 aliphatic heterocycles. The van der Waals surface area contributed by atoms with Crippen LogP contribution >= 0.6 is 0 Å². The van der Waals surface area contributed by atoms with Gasteiger partial charge in [0.05, 0.1) is 11.3 Å². The van der Waals surface area contributed by atoms with Crippen LogP contribution in [-0.4, -0.2) is 29.1 Å². The Bertz CT molecular complexity index is 462. The van der Waals surface area contributed by atoms with E-state index in [1.807, 2.05) is 13.8 Å². The van der Waals surface area contributed by atoms with E-state index in [2.05, 4.69) is 15.7 Å². The van der Waals surface area contributed by atoms with Crippen LogP contribution in [0.1, 0.15) is 37.2 Å². The van der Waals surface area contributed by atoms with Gasteiger partial charge in [-0.1, -0.05) is 0 Å². The molecule has 4 N–H and O–H groups in total. The zero-order valence-electron chi connectivity index (χ0n) is 11.3. The second-order valence-electron chi connectivity index (χ2n) is 5.35. The molecule has 6 heteroatoms. The summed E-state index contributed by atoms with van der Waals surface area (Å²) in [5, 5.41) is 2.99. The van der Waals surface area contributed by atoms with Gasteiger partial charge in [-0.25, -0.2) is 0 Å². The number of nitrogens with one attached hydrogen (secondary N) is 2. The van der Waals surface area contributed by atoms with Gasteiger partial charge in [-0.2, -0.15) is 0 Å². The minimum atomic E-state index is -0.190. The van der Waals surface area contributed by atoms with Gasteiger partial charge in [0.25, 0.3) is 5.91 Å². The van der Waals surface area contributed by atoms with Crippen LogP contribution in [0.5, 0.6) is 0 Å². The van der Waals surface area contributed by atoms with E-state index in [9.17, 15) is 4.79 Å². The molecule has 1 unspecified atom stereocenters. The number of pyridine rings is 1. The first-order chi connectivity index (χ1) is 9.00. The number of hydrogen-bond donors (Lipinski definition) is 3. The van der Waals surface area contributed by atoms with Crippen molar-refractivity contribution in [1.29, 1.82) is 0 Å². The standard InChI is InChI=1S/C13H20N4O2/c1-13(2)8-10(4-6-19-13)16-12(18)11-7-9(17-14)3-5-15-11/h3,5,7,10H,4,6,8,14H2,1-2H3,(H,15,17)(H,16,18). The van der Waals surface area contributed by atoms with Gasteiger partial charge >= 0.3 is 0 Å². The molecular weight excluding hydrogens is 244 g/mol. The van der Waals surface area contributed by atoms with Gasteiger partial charge in [0.1, 0.15) is 5.69 Å². The summed E-state index contributed by atoms with van der Waals surface area (Å²) in [6.07, 6.45) is 3.18. The Labute approximate surface area is 112 Å². The van der Waals surface area contributed by atoms with Crippen LogP contribution in [0.3, 0.4) is 0 Å². The van der Waals surface area contributed by atoms with E-state index < -0.39 is 0 Å². The third-order valence-electron chi connectivity index (χ3n) is 3.19. The molecule has 6 nitrogen and oxygen atoms in total. The van der Waals surface area contributed by atoms with E-state index in [1.54, 1.807) is 18.3 Å². The molecule has 0 radical (unpaired) electrons. The van der Waals surface area contributed by atoms with Gasteiger partial charge in [-0.15, -0.1) is 0 Å². The van der Waals surface area contributed by atoms with E-state index in [-0.39, 0.29) is 17.6 Å². The lowest BCUT2D eigenvalue weighted by Gasteiger charge is -2.35. The van der Waals surface area contributed by atoms with Gasteiger partial charge in [0, 0.05) is 18.8 Å². The number of nitrogens with two attached hydrogens (primary N) is 1. The number of aromatic nitrogens is 1. The van der Waals surface area contributed by atoms with Crippen molar-refractivity contribution in [1.82, 2.24) is 10.3 Å². The summed E-state index contributed by atoms with van der Waals surface area (Å²) in [5.41, 5.74) is 3.33. The Kier molecular flexibility index (Phi) is 4.01. The highest BCUT2D eigenvalue weighted by molar-refractivity contribution is 5.93. The molecular formula is C13H20N4O2. The number of amides is 1. The Hall–Kier alpha value is -1.66. The lowest BCUT2D eigenvalue weighted by Crippen LogP contribution is -2.46. The molecule has 1 fully saturated rings. The highest BCUT2D eigenvalue weighted by Crippen LogP contribution is 2.24. The van der Waals surface area contributed by atoms with Gasteiger partial charge in [0.15, 0.2) is 0 Å². The van der Waals surface area contributed by atoms with Crippen molar-refractivity contribution in [2.24, 2.45) is 5.84 Å². The summed E-state index contributed by atoms with van der Waals surface area (Å²) >= 11 is 0. The highest BCUT2D eigenvalue weighted by atomic mass is 16.5. The van der Waals surface area contributed by atoms with Crippen LogP contribution in [0, 0.1) is 0 Å². The normalized spacial score (nSPS) is 21.7. The van der Waals surface area contributed by atoms with Crippen molar-refractivity contribution in [3.8, 4) is 0 Å². The summed E-state index contributed by atoms with van der Waals surface area (Å²) < 4.78 is 5.63. The zero-order chi connectivity index (χ0) is 13.9. The summed E-state index contributed by atoms with van der Waals surface area (Å²) in [7, 11) is 0. The van der Waals surface area contributed by atoms with E-state index in [4.69, 9.17) is 10.6 Å². The average Bonchev–Trinajstić information content (AvgIpc) is 2.37. The van der Waals surface area contributed by atoms with E-state index in [0.717, 1.165) is 12.8 Å². The molecule has 1 atom stereocenters. The summed E-state index contributed by atoms with van der Waals surface area (Å²) in [6.45, 7) is 4.72. The number of rotatable bonds is 3. The summed E-state index contributed by atoms with van der Waals surface area (Å²) in [5.74, 6) is 5.13. The second kappa shape index (κ2) is 5.54. The Morgan fingerprint density at radius 3 is 3.05 bits per heavy atom. The number of hydrogen-bond acceptors (Lipinski definition) is 5. The molecule has 1 aromatic rings. The minimum absolute atomic E-state index is 0.118. The molecule has 0 spiro atoms. The predicted molar refractivity (Wildman–Crippen MR) is 72.6 cm³/mol. The monoisotopic (exact) mass is 264 g/mol. The fourth-order valence-corrected chi connectivity index (χ4v) is 2.26. The molecule has 104 valence electrons. The number of anilines is 1. The van der Waals surface area contributed by atoms with Gasteiger partial charge in [-0.05, 0) is 38.8 Å². The van der Waals surface area contributed by atoms with Crippen molar-refractivity contribution >= 4 is 11.6 Å². The molecule has 1 saturated heterocycles.